The number of aryl methyl sites for hydroxylation is 1. The molecule has 3 N–H and O–H groups in total. The van der Waals surface area contributed by atoms with Crippen LogP contribution in [0.5, 0.6) is 5.75 Å². The molecule has 0 atom stereocenters. The maximum Gasteiger partial charge on any atom is 0.229 e. The maximum absolute atomic E-state index is 6.26. The van der Waals surface area contributed by atoms with Gasteiger partial charge in [-0.25, -0.2) is 4.98 Å². The Morgan fingerprint density at radius 3 is 2.61 bits per heavy atom. The van der Waals surface area contributed by atoms with Gasteiger partial charge in [-0.1, -0.05) is 38.3 Å². The van der Waals surface area contributed by atoms with Crippen LogP contribution in [-0.4, -0.2) is 65.9 Å². The van der Waals surface area contributed by atoms with Crippen LogP contribution in [0.25, 0.3) is 21.9 Å². The molecule has 9 nitrogen and oxygen atoms in total. The van der Waals surface area contributed by atoms with Gasteiger partial charge in [-0.15, -0.1) is 12.4 Å². The summed E-state index contributed by atoms with van der Waals surface area (Å²) in [5.41, 5.74) is 6.59. The molecule has 0 unspecified atom stereocenters. The molecule has 1 fully saturated rings. The lowest BCUT2D eigenvalue weighted by Crippen LogP contribution is -2.44. The highest BCUT2D eigenvalue weighted by Crippen LogP contribution is 2.47. The van der Waals surface area contributed by atoms with Crippen molar-refractivity contribution in [2.45, 2.75) is 6.42 Å². The predicted octanol–water partition coefficient (Wildman–Crippen LogP) is 6.41. The number of hydrogen-bond donors (Lipinski definition) is 3. The van der Waals surface area contributed by atoms with E-state index in [2.05, 4.69) is 109 Å². The average Bonchev–Trinajstić information content (AvgIpc) is 3.68. The van der Waals surface area contributed by atoms with Gasteiger partial charge >= 0.3 is 0 Å². The Morgan fingerprint density at radius 1 is 1.02 bits per heavy atom. The summed E-state index contributed by atoms with van der Waals surface area (Å²) in [6, 6.07) is 15.0. The first kappa shape index (κ1) is 30.6. The minimum absolute atomic E-state index is 0. The van der Waals surface area contributed by atoms with Gasteiger partial charge in [0.25, 0.3) is 0 Å². The minimum atomic E-state index is -0.374. The van der Waals surface area contributed by atoms with E-state index in [4.69, 9.17) is 9.72 Å². The van der Waals surface area contributed by atoms with Gasteiger partial charge in [0.15, 0.2) is 0 Å². The third-order valence-electron chi connectivity index (χ3n) is 7.99. The first-order valence-electron chi connectivity index (χ1n) is 14.5. The van der Waals surface area contributed by atoms with Gasteiger partial charge in [0.2, 0.25) is 5.95 Å². The Balaban J connectivity index is 0.00000343. The van der Waals surface area contributed by atoms with Crippen LogP contribution in [0.1, 0.15) is 5.56 Å². The molecule has 0 saturated carbocycles. The van der Waals surface area contributed by atoms with E-state index in [0.717, 1.165) is 65.3 Å². The van der Waals surface area contributed by atoms with Gasteiger partial charge < -0.3 is 25.6 Å². The molecular weight excluding hydrogens is 659 g/mol. The van der Waals surface area contributed by atoms with Gasteiger partial charge in [-0.3, -0.25) is 4.68 Å². The molecule has 7 rings (SSSR count). The van der Waals surface area contributed by atoms with E-state index >= 15 is 0 Å². The topological polar surface area (TPSA) is 92.2 Å². The van der Waals surface area contributed by atoms with Crippen LogP contribution < -0.4 is 30.9 Å². The lowest BCUT2D eigenvalue weighted by Gasteiger charge is -2.33. The normalized spacial score (nSPS) is 14.3. The molecule has 0 bridgehead atoms. The molecule has 0 amide bonds. The number of benzene rings is 3. The first-order chi connectivity index (χ1) is 21.0. The number of halogens is 2. The Morgan fingerprint density at radius 2 is 1.84 bits per heavy atom. The number of nitrogens with zero attached hydrogens (tertiary/aromatic N) is 5. The fourth-order valence-corrected chi connectivity index (χ4v) is 7.67. The van der Waals surface area contributed by atoms with Crippen LogP contribution in [-0.2, 0) is 13.5 Å². The van der Waals surface area contributed by atoms with E-state index in [0.29, 0.717) is 18.4 Å². The second-order valence-corrected chi connectivity index (χ2v) is 14.2. The van der Waals surface area contributed by atoms with Gasteiger partial charge in [-0.2, -0.15) is 10.1 Å². The molecule has 228 valence electrons. The van der Waals surface area contributed by atoms with Crippen LogP contribution in [0.15, 0.2) is 65.5 Å². The quantitative estimate of drug-likeness (QED) is 0.169. The number of aromatic nitrogens is 4. The van der Waals surface area contributed by atoms with Crippen molar-refractivity contribution in [3.63, 3.8) is 0 Å². The summed E-state index contributed by atoms with van der Waals surface area (Å²) >= 11 is 3.68. The summed E-state index contributed by atoms with van der Waals surface area (Å²) in [6.45, 7) is 9.04. The fourth-order valence-electron chi connectivity index (χ4n) is 6.09. The zero-order chi connectivity index (χ0) is 29.5. The summed E-state index contributed by atoms with van der Waals surface area (Å²) in [4.78, 5) is 12.0. The van der Waals surface area contributed by atoms with E-state index in [1.165, 1.54) is 27.3 Å². The molecule has 44 heavy (non-hydrogen) atoms. The van der Waals surface area contributed by atoms with Crippen LogP contribution in [0.2, 0.25) is 0 Å². The standard InChI is InChI=1S/C32H34BrN8OP.ClH/c1-40-19-21(17-36-40)24-16-27(29-23(10-15-42-29)28(24)41-13-11-34-12-14-41)38-32-35-18-25(33)31(39-32)37-26-9-8-20-6-4-5-7-22(20)30(26)43(2)3;/h4-9,16-19,34H,10-15H2,1-3H3,(H2,35,37,38,39);1H. The van der Waals surface area contributed by atoms with Crippen molar-refractivity contribution < 1.29 is 4.74 Å². The molecule has 2 aliphatic heterocycles. The zero-order valence-corrected chi connectivity index (χ0v) is 28.2. The molecule has 0 spiro atoms. The third-order valence-corrected chi connectivity index (χ3v) is 9.94. The van der Waals surface area contributed by atoms with Crippen LogP contribution in [0, 0.1) is 0 Å². The van der Waals surface area contributed by atoms with Crippen molar-refractivity contribution >= 4 is 81.2 Å². The molecule has 0 radical (unpaired) electrons. The van der Waals surface area contributed by atoms with Gasteiger partial charge in [0.1, 0.15) is 11.6 Å². The number of hydrogen-bond acceptors (Lipinski definition) is 8. The Kier molecular flexibility index (Phi) is 8.96. The monoisotopic (exact) mass is 692 g/mol. The molecule has 3 aromatic carbocycles. The zero-order valence-electron chi connectivity index (χ0n) is 24.9. The molecule has 4 heterocycles. The number of rotatable bonds is 7. The average molecular weight is 694 g/mol. The largest absolute Gasteiger partial charge is 0.491 e. The molecule has 5 aromatic rings. The highest BCUT2D eigenvalue weighted by atomic mass is 79.9. The van der Waals surface area contributed by atoms with Gasteiger partial charge in [-0.05, 0) is 52.2 Å². The van der Waals surface area contributed by atoms with E-state index in [1.54, 1.807) is 6.20 Å². The second-order valence-electron chi connectivity index (χ2n) is 11.1. The van der Waals surface area contributed by atoms with E-state index in [9.17, 15) is 0 Å². The van der Waals surface area contributed by atoms with Crippen LogP contribution in [0.3, 0.4) is 0 Å². The van der Waals surface area contributed by atoms with E-state index < -0.39 is 0 Å². The van der Waals surface area contributed by atoms with E-state index in [-0.39, 0.29) is 20.3 Å². The Hall–Kier alpha value is -3.43. The van der Waals surface area contributed by atoms with E-state index in [1.807, 2.05) is 17.9 Å². The molecule has 12 heteroatoms. The molecule has 0 aliphatic carbocycles. The third kappa shape index (κ3) is 5.84. The molecule has 2 aliphatic rings. The van der Waals surface area contributed by atoms with Crippen molar-refractivity contribution in [3.8, 4) is 16.9 Å². The fraction of sp³-hybridized carbons (Fsp3) is 0.281. The van der Waals surface area contributed by atoms with Gasteiger partial charge in [0.05, 0.1) is 28.7 Å². The van der Waals surface area contributed by atoms with Crippen LogP contribution >= 0.6 is 36.3 Å². The number of piperazine rings is 1. The van der Waals surface area contributed by atoms with Crippen molar-refractivity contribution in [2.75, 3.05) is 61.6 Å². The SMILES string of the molecule is Cl.Cn1cc(-c2cc(Nc3ncc(Br)c(Nc4ccc5ccccc5c4P(C)C)n3)c3c(c2N2CCNCC2)CCO3)cn1. The summed E-state index contributed by atoms with van der Waals surface area (Å²) in [5.74, 6) is 2.07. The van der Waals surface area contributed by atoms with Crippen molar-refractivity contribution in [1.29, 1.82) is 0 Å². The summed E-state index contributed by atoms with van der Waals surface area (Å²) in [6.07, 6.45) is 6.65. The summed E-state index contributed by atoms with van der Waals surface area (Å²) in [5, 5.41) is 18.9. The predicted molar refractivity (Wildman–Crippen MR) is 189 cm³/mol. The Labute approximate surface area is 273 Å². The van der Waals surface area contributed by atoms with Crippen molar-refractivity contribution in [2.24, 2.45) is 7.05 Å². The summed E-state index contributed by atoms with van der Waals surface area (Å²) < 4.78 is 8.90. The van der Waals surface area contributed by atoms with Crippen molar-refractivity contribution in [3.05, 3.63) is 71.1 Å². The second kappa shape index (κ2) is 12.9. The molecular formula is C32H35BrClN8OP. The lowest BCUT2D eigenvalue weighted by molar-refractivity contribution is 0.358. The number of fused-ring (bicyclic) bond motifs is 2. The van der Waals surface area contributed by atoms with Gasteiger partial charge in [0, 0.05) is 79.7 Å². The minimum Gasteiger partial charge on any atom is -0.491 e. The molecule has 2 aromatic heterocycles. The lowest BCUT2D eigenvalue weighted by atomic mass is 9.97. The summed E-state index contributed by atoms with van der Waals surface area (Å²) in [7, 11) is 1.58. The smallest absolute Gasteiger partial charge is 0.229 e. The van der Waals surface area contributed by atoms with Crippen molar-refractivity contribution in [1.82, 2.24) is 25.1 Å². The molecule has 1 saturated heterocycles. The number of ether oxygens (including phenoxy) is 1. The van der Waals surface area contributed by atoms with Crippen LogP contribution in [0.4, 0.5) is 28.8 Å². The maximum atomic E-state index is 6.26. The first-order valence-corrected chi connectivity index (χ1v) is 17.5. The Bertz CT molecular complexity index is 1820. The number of nitrogens with one attached hydrogen (secondary N) is 3. The highest BCUT2D eigenvalue weighted by molar-refractivity contribution is 9.10. The highest BCUT2D eigenvalue weighted by Gasteiger charge is 2.29. The number of anilines is 5.